The lowest BCUT2D eigenvalue weighted by atomic mass is 10.1. The van der Waals surface area contributed by atoms with Crippen molar-refractivity contribution in [3.63, 3.8) is 0 Å². The Labute approximate surface area is 126 Å². The van der Waals surface area contributed by atoms with Crippen molar-refractivity contribution >= 4 is 5.91 Å². The first-order valence-electron chi connectivity index (χ1n) is 7.54. The Morgan fingerprint density at radius 2 is 1.86 bits per heavy atom. The van der Waals surface area contributed by atoms with Crippen LogP contribution in [0.4, 0.5) is 0 Å². The number of nitrogens with one attached hydrogen (secondary N) is 1. The predicted molar refractivity (Wildman–Crippen MR) is 83.8 cm³/mol. The molecule has 1 rings (SSSR count). The summed E-state index contributed by atoms with van der Waals surface area (Å²) < 4.78 is 11.1. The van der Waals surface area contributed by atoms with Crippen molar-refractivity contribution in [1.82, 2.24) is 5.32 Å². The van der Waals surface area contributed by atoms with Gasteiger partial charge < -0.3 is 20.5 Å². The van der Waals surface area contributed by atoms with E-state index in [9.17, 15) is 4.79 Å². The van der Waals surface area contributed by atoms with Gasteiger partial charge in [-0.1, -0.05) is 13.0 Å². The van der Waals surface area contributed by atoms with Gasteiger partial charge in [0, 0.05) is 6.54 Å². The van der Waals surface area contributed by atoms with E-state index < -0.39 is 6.04 Å². The van der Waals surface area contributed by atoms with Crippen LogP contribution in [0.15, 0.2) is 18.2 Å². The van der Waals surface area contributed by atoms with Gasteiger partial charge in [-0.3, -0.25) is 4.79 Å². The van der Waals surface area contributed by atoms with E-state index in [4.69, 9.17) is 15.2 Å². The van der Waals surface area contributed by atoms with Crippen LogP contribution in [0.5, 0.6) is 11.5 Å². The Balaban J connectivity index is 2.59. The summed E-state index contributed by atoms with van der Waals surface area (Å²) in [5.74, 6) is 1.39. The van der Waals surface area contributed by atoms with Gasteiger partial charge in [-0.15, -0.1) is 0 Å². The van der Waals surface area contributed by atoms with Crippen LogP contribution in [0, 0.1) is 0 Å². The average Bonchev–Trinajstić information content (AvgIpc) is 2.49. The monoisotopic (exact) mass is 294 g/mol. The van der Waals surface area contributed by atoms with Crippen molar-refractivity contribution in [3.05, 3.63) is 23.8 Å². The molecular weight excluding hydrogens is 268 g/mol. The number of nitrogens with two attached hydrogens (primary N) is 1. The third-order valence-electron chi connectivity index (χ3n) is 3.10. The fourth-order valence-electron chi connectivity index (χ4n) is 1.90. The summed E-state index contributed by atoms with van der Waals surface area (Å²) in [6.07, 6.45) is 1.37. The maximum Gasteiger partial charge on any atom is 0.236 e. The molecule has 5 heteroatoms. The van der Waals surface area contributed by atoms with E-state index in [0.29, 0.717) is 26.2 Å². The molecule has 1 aromatic carbocycles. The minimum Gasteiger partial charge on any atom is -0.490 e. The fourth-order valence-corrected chi connectivity index (χ4v) is 1.90. The summed E-state index contributed by atoms with van der Waals surface area (Å²) in [7, 11) is 0. The highest BCUT2D eigenvalue weighted by Crippen LogP contribution is 2.28. The molecule has 0 radical (unpaired) electrons. The second-order valence-electron chi connectivity index (χ2n) is 4.70. The molecule has 0 fully saturated rings. The van der Waals surface area contributed by atoms with E-state index in [1.807, 2.05) is 39.0 Å². The van der Waals surface area contributed by atoms with Crippen molar-refractivity contribution in [1.29, 1.82) is 0 Å². The van der Waals surface area contributed by atoms with Crippen LogP contribution < -0.4 is 20.5 Å². The number of benzene rings is 1. The molecular formula is C16H26N2O3. The van der Waals surface area contributed by atoms with E-state index in [1.54, 1.807) is 0 Å². The standard InChI is InChI=1S/C16H26N2O3/c1-4-13(17)16(19)18-10-9-12-7-8-14(20-5-2)15(11-12)21-6-3/h7-8,11,13H,4-6,9-10,17H2,1-3H3,(H,18,19)/t13-/m0/s1. The molecule has 0 spiro atoms. The van der Waals surface area contributed by atoms with Crippen molar-refractivity contribution in [2.45, 2.75) is 39.7 Å². The Hall–Kier alpha value is -1.75. The maximum absolute atomic E-state index is 11.6. The van der Waals surface area contributed by atoms with Crippen LogP contribution in [-0.4, -0.2) is 31.7 Å². The highest BCUT2D eigenvalue weighted by Gasteiger charge is 2.10. The molecule has 118 valence electrons. The molecule has 3 N–H and O–H groups in total. The SMILES string of the molecule is CCOc1ccc(CCNC(=O)[C@@H](N)CC)cc1OCC. The molecule has 0 saturated heterocycles. The van der Waals surface area contributed by atoms with Crippen molar-refractivity contribution in [2.75, 3.05) is 19.8 Å². The normalized spacial score (nSPS) is 11.8. The topological polar surface area (TPSA) is 73.6 Å². The number of carbonyl (C=O) groups is 1. The average molecular weight is 294 g/mol. The molecule has 0 saturated carbocycles. The Morgan fingerprint density at radius 1 is 1.19 bits per heavy atom. The molecule has 0 aliphatic rings. The molecule has 1 atom stereocenters. The summed E-state index contributed by atoms with van der Waals surface area (Å²) in [5.41, 5.74) is 6.75. The van der Waals surface area contributed by atoms with Gasteiger partial charge in [-0.2, -0.15) is 0 Å². The van der Waals surface area contributed by atoms with Gasteiger partial charge in [0.1, 0.15) is 0 Å². The maximum atomic E-state index is 11.6. The predicted octanol–water partition coefficient (Wildman–Crippen LogP) is 1.88. The minimum atomic E-state index is -0.427. The summed E-state index contributed by atoms with van der Waals surface area (Å²) in [5, 5.41) is 2.84. The van der Waals surface area contributed by atoms with E-state index >= 15 is 0 Å². The number of hydrogen-bond acceptors (Lipinski definition) is 4. The van der Waals surface area contributed by atoms with E-state index in [-0.39, 0.29) is 5.91 Å². The molecule has 1 aromatic rings. The van der Waals surface area contributed by atoms with Gasteiger partial charge in [0.05, 0.1) is 19.3 Å². The van der Waals surface area contributed by atoms with Gasteiger partial charge in [-0.25, -0.2) is 0 Å². The number of ether oxygens (including phenoxy) is 2. The van der Waals surface area contributed by atoms with Gasteiger partial charge in [-0.05, 0) is 44.4 Å². The van der Waals surface area contributed by atoms with Crippen LogP contribution >= 0.6 is 0 Å². The van der Waals surface area contributed by atoms with Gasteiger partial charge in [0.15, 0.2) is 11.5 Å². The van der Waals surface area contributed by atoms with Crippen LogP contribution in [0.1, 0.15) is 32.8 Å². The molecule has 1 amide bonds. The van der Waals surface area contributed by atoms with E-state index in [2.05, 4.69) is 5.32 Å². The smallest absolute Gasteiger partial charge is 0.236 e. The number of amides is 1. The second-order valence-corrected chi connectivity index (χ2v) is 4.70. The summed E-state index contributed by atoms with van der Waals surface area (Å²) in [4.78, 5) is 11.6. The zero-order chi connectivity index (χ0) is 15.7. The van der Waals surface area contributed by atoms with Crippen LogP contribution in [0.25, 0.3) is 0 Å². The Kier molecular flexibility index (Phi) is 7.61. The van der Waals surface area contributed by atoms with Crippen molar-refractivity contribution in [2.24, 2.45) is 5.73 Å². The van der Waals surface area contributed by atoms with Gasteiger partial charge in [0.25, 0.3) is 0 Å². The third kappa shape index (κ3) is 5.63. The third-order valence-corrected chi connectivity index (χ3v) is 3.10. The molecule has 0 aliphatic carbocycles. The second kappa shape index (κ2) is 9.23. The number of hydrogen-bond donors (Lipinski definition) is 2. The zero-order valence-electron chi connectivity index (χ0n) is 13.1. The number of rotatable bonds is 9. The lowest BCUT2D eigenvalue weighted by molar-refractivity contribution is -0.122. The highest BCUT2D eigenvalue weighted by molar-refractivity contribution is 5.81. The van der Waals surface area contributed by atoms with Crippen LogP contribution in [0.2, 0.25) is 0 Å². The fraction of sp³-hybridized carbons (Fsp3) is 0.562. The quantitative estimate of drug-likeness (QED) is 0.729. The Morgan fingerprint density at radius 3 is 2.48 bits per heavy atom. The molecule has 21 heavy (non-hydrogen) atoms. The lowest BCUT2D eigenvalue weighted by Crippen LogP contribution is -2.40. The first-order chi connectivity index (χ1) is 10.1. The first-order valence-corrected chi connectivity index (χ1v) is 7.54. The van der Waals surface area contributed by atoms with Crippen LogP contribution in [0.3, 0.4) is 0 Å². The van der Waals surface area contributed by atoms with Crippen LogP contribution in [-0.2, 0) is 11.2 Å². The van der Waals surface area contributed by atoms with Crippen molar-refractivity contribution < 1.29 is 14.3 Å². The number of carbonyl (C=O) groups excluding carboxylic acids is 1. The summed E-state index contributed by atoms with van der Waals surface area (Å²) >= 11 is 0. The zero-order valence-corrected chi connectivity index (χ0v) is 13.1. The molecule has 0 heterocycles. The first kappa shape index (κ1) is 17.3. The Bertz CT molecular complexity index is 449. The molecule has 0 aromatic heterocycles. The molecule has 0 aliphatic heterocycles. The summed E-state index contributed by atoms with van der Waals surface area (Å²) in [6, 6.07) is 5.42. The minimum absolute atomic E-state index is 0.103. The largest absolute Gasteiger partial charge is 0.490 e. The van der Waals surface area contributed by atoms with Crippen molar-refractivity contribution in [3.8, 4) is 11.5 Å². The van der Waals surface area contributed by atoms with E-state index in [0.717, 1.165) is 23.5 Å². The van der Waals surface area contributed by atoms with Gasteiger partial charge >= 0.3 is 0 Å². The molecule has 0 bridgehead atoms. The molecule has 5 nitrogen and oxygen atoms in total. The van der Waals surface area contributed by atoms with E-state index in [1.165, 1.54) is 0 Å². The molecule has 0 unspecified atom stereocenters. The summed E-state index contributed by atoms with van der Waals surface area (Å²) in [6.45, 7) is 7.53. The lowest BCUT2D eigenvalue weighted by Gasteiger charge is -2.13. The van der Waals surface area contributed by atoms with Gasteiger partial charge in [0.2, 0.25) is 5.91 Å². The highest BCUT2D eigenvalue weighted by atomic mass is 16.5.